The second-order valence-corrected chi connectivity index (χ2v) is 9.55. The van der Waals surface area contributed by atoms with Gasteiger partial charge in [-0.05, 0) is 51.4 Å². The SMILES string of the molecule is CCNC(=NCCCOCC1CCOCC1)NC1CCCC(S(=O)CC)C1. The number of aliphatic imine (C=N–C) groups is 1. The average molecular weight is 402 g/mol. The molecule has 3 atom stereocenters. The topological polar surface area (TPSA) is 72.0 Å². The van der Waals surface area contributed by atoms with Crippen LogP contribution in [0.25, 0.3) is 0 Å². The minimum Gasteiger partial charge on any atom is -0.381 e. The summed E-state index contributed by atoms with van der Waals surface area (Å²) in [5, 5.41) is 7.23. The second kappa shape index (κ2) is 13.5. The molecule has 1 heterocycles. The highest BCUT2D eigenvalue weighted by atomic mass is 32.2. The van der Waals surface area contributed by atoms with E-state index in [9.17, 15) is 4.21 Å². The Balaban J connectivity index is 1.66. The lowest BCUT2D eigenvalue weighted by molar-refractivity contribution is 0.0205. The molecule has 0 radical (unpaired) electrons. The molecule has 0 amide bonds. The van der Waals surface area contributed by atoms with Crippen molar-refractivity contribution < 1.29 is 13.7 Å². The van der Waals surface area contributed by atoms with E-state index in [1.165, 1.54) is 0 Å². The molecule has 1 saturated heterocycles. The number of nitrogens with one attached hydrogen (secondary N) is 2. The summed E-state index contributed by atoms with van der Waals surface area (Å²) in [4.78, 5) is 4.70. The van der Waals surface area contributed by atoms with Crippen molar-refractivity contribution in [1.82, 2.24) is 10.6 Å². The van der Waals surface area contributed by atoms with Crippen molar-refractivity contribution in [2.24, 2.45) is 10.9 Å². The van der Waals surface area contributed by atoms with E-state index >= 15 is 0 Å². The van der Waals surface area contributed by atoms with Crippen molar-refractivity contribution in [2.45, 2.75) is 70.1 Å². The predicted molar refractivity (Wildman–Crippen MR) is 113 cm³/mol. The van der Waals surface area contributed by atoms with E-state index < -0.39 is 10.8 Å². The maximum absolute atomic E-state index is 12.1. The van der Waals surface area contributed by atoms with Gasteiger partial charge in [0.25, 0.3) is 0 Å². The van der Waals surface area contributed by atoms with Gasteiger partial charge in [0, 0.05) is 67.4 Å². The Morgan fingerprint density at radius 3 is 2.78 bits per heavy atom. The van der Waals surface area contributed by atoms with Gasteiger partial charge in [-0.25, -0.2) is 0 Å². The second-order valence-electron chi connectivity index (χ2n) is 7.54. The fourth-order valence-electron chi connectivity index (χ4n) is 3.78. The lowest BCUT2D eigenvalue weighted by atomic mass is 9.95. The van der Waals surface area contributed by atoms with Crippen LogP contribution in [-0.4, -0.2) is 66.7 Å². The van der Waals surface area contributed by atoms with Crippen LogP contribution in [0.2, 0.25) is 0 Å². The van der Waals surface area contributed by atoms with Crippen LogP contribution in [0.1, 0.15) is 58.8 Å². The highest BCUT2D eigenvalue weighted by Gasteiger charge is 2.26. The zero-order valence-corrected chi connectivity index (χ0v) is 18.0. The van der Waals surface area contributed by atoms with Crippen LogP contribution in [0.4, 0.5) is 0 Å². The molecule has 1 aliphatic heterocycles. The Kier molecular flexibility index (Phi) is 11.3. The molecule has 0 aromatic carbocycles. The summed E-state index contributed by atoms with van der Waals surface area (Å²) >= 11 is 0. The fraction of sp³-hybridized carbons (Fsp3) is 0.950. The Morgan fingerprint density at radius 1 is 1.22 bits per heavy atom. The minimum atomic E-state index is -0.689. The maximum Gasteiger partial charge on any atom is 0.191 e. The van der Waals surface area contributed by atoms with Crippen molar-refractivity contribution >= 4 is 16.8 Å². The number of guanidine groups is 1. The molecule has 1 aliphatic carbocycles. The molecule has 1 saturated carbocycles. The zero-order chi connectivity index (χ0) is 19.3. The van der Waals surface area contributed by atoms with Crippen LogP contribution < -0.4 is 10.6 Å². The Bertz CT molecular complexity index is 456. The largest absolute Gasteiger partial charge is 0.381 e. The normalized spacial score (nSPS) is 25.9. The van der Waals surface area contributed by atoms with Crippen molar-refractivity contribution in [3.8, 4) is 0 Å². The van der Waals surface area contributed by atoms with E-state index in [-0.39, 0.29) is 0 Å². The van der Waals surface area contributed by atoms with E-state index in [1.807, 2.05) is 6.92 Å². The minimum absolute atomic E-state index is 0.336. The molecule has 158 valence electrons. The number of hydrogen-bond acceptors (Lipinski definition) is 4. The molecule has 0 aromatic rings. The first kappa shape index (κ1) is 22.6. The van der Waals surface area contributed by atoms with Gasteiger partial charge < -0.3 is 20.1 Å². The Morgan fingerprint density at radius 2 is 2.04 bits per heavy atom. The molecule has 27 heavy (non-hydrogen) atoms. The van der Waals surface area contributed by atoms with E-state index in [1.54, 1.807) is 0 Å². The summed E-state index contributed by atoms with van der Waals surface area (Å²) in [7, 11) is -0.689. The van der Waals surface area contributed by atoms with Gasteiger partial charge in [-0.15, -0.1) is 0 Å². The highest BCUT2D eigenvalue weighted by Crippen LogP contribution is 2.23. The highest BCUT2D eigenvalue weighted by molar-refractivity contribution is 7.85. The van der Waals surface area contributed by atoms with E-state index in [4.69, 9.17) is 14.5 Å². The fourth-order valence-corrected chi connectivity index (χ4v) is 5.13. The van der Waals surface area contributed by atoms with Crippen molar-refractivity contribution in [3.63, 3.8) is 0 Å². The van der Waals surface area contributed by atoms with Gasteiger partial charge in [-0.2, -0.15) is 0 Å². The molecule has 6 nitrogen and oxygen atoms in total. The molecule has 2 aliphatic rings. The Hall–Kier alpha value is -0.660. The van der Waals surface area contributed by atoms with Crippen LogP contribution in [0.5, 0.6) is 0 Å². The molecule has 0 bridgehead atoms. The van der Waals surface area contributed by atoms with Crippen molar-refractivity contribution in [3.05, 3.63) is 0 Å². The third-order valence-electron chi connectivity index (χ3n) is 5.38. The summed E-state index contributed by atoms with van der Waals surface area (Å²) < 4.78 is 23.3. The summed E-state index contributed by atoms with van der Waals surface area (Å²) in [5.41, 5.74) is 0. The lowest BCUT2D eigenvalue weighted by Crippen LogP contribution is -2.46. The molecule has 2 fully saturated rings. The van der Waals surface area contributed by atoms with E-state index in [0.717, 1.165) is 96.2 Å². The van der Waals surface area contributed by atoms with Crippen molar-refractivity contribution in [2.75, 3.05) is 45.3 Å². The first-order valence-corrected chi connectivity index (χ1v) is 12.2. The molecule has 2 rings (SSSR count). The summed E-state index contributed by atoms with van der Waals surface area (Å²) in [5.74, 6) is 2.31. The molecule has 7 heteroatoms. The number of nitrogens with zero attached hydrogens (tertiary/aromatic N) is 1. The third-order valence-corrected chi connectivity index (χ3v) is 7.12. The molecule has 0 spiro atoms. The summed E-state index contributed by atoms with van der Waals surface area (Å²) in [6.45, 7) is 9.09. The van der Waals surface area contributed by atoms with Crippen LogP contribution in [-0.2, 0) is 20.3 Å². The van der Waals surface area contributed by atoms with Gasteiger partial charge in [0.1, 0.15) is 0 Å². The van der Waals surface area contributed by atoms with Gasteiger partial charge >= 0.3 is 0 Å². The quantitative estimate of drug-likeness (QED) is 0.334. The van der Waals surface area contributed by atoms with Crippen LogP contribution in [0.15, 0.2) is 4.99 Å². The maximum atomic E-state index is 12.1. The first-order chi connectivity index (χ1) is 13.2. The zero-order valence-electron chi connectivity index (χ0n) is 17.2. The molecule has 2 N–H and O–H groups in total. The van der Waals surface area contributed by atoms with Gasteiger partial charge in [0.05, 0.1) is 0 Å². The smallest absolute Gasteiger partial charge is 0.191 e. The number of ether oxygens (including phenoxy) is 2. The molecular weight excluding hydrogens is 362 g/mol. The standard InChI is InChI=1S/C20H39N3O3S/c1-3-21-20(23-18-7-5-8-19(15-18)27(24)4-2)22-11-6-12-26-16-17-9-13-25-14-10-17/h17-19H,3-16H2,1-2H3,(H2,21,22,23). The average Bonchev–Trinajstić information content (AvgIpc) is 2.71. The third kappa shape index (κ3) is 8.92. The van der Waals surface area contributed by atoms with E-state index in [2.05, 4.69) is 17.6 Å². The molecule has 3 unspecified atom stereocenters. The molecule has 0 aromatic heterocycles. The van der Waals surface area contributed by atoms with Crippen molar-refractivity contribution in [1.29, 1.82) is 0 Å². The Labute approximate surface area is 167 Å². The predicted octanol–water partition coefficient (Wildman–Crippen LogP) is 2.45. The van der Waals surface area contributed by atoms with E-state index in [0.29, 0.717) is 17.2 Å². The van der Waals surface area contributed by atoms with Crippen LogP contribution in [0, 0.1) is 5.92 Å². The number of hydrogen-bond donors (Lipinski definition) is 2. The van der Waals surface area contributed by atoms with Gasteiger partial charge in [-0.3, -0.25) is 9.20 Å². The monoisotopic (exact) mass is 401 g/mol. The summed E-state index contributed by atoms with van der Waals surface area (Å²) in [6.07, 6.45) is 7.54. The van der Waals surface area contributed by atoms with Gasteiger partial charge in [-0.1, -0.05) is 13.3 Å². The van der Waals surface area contributed by atoms with Gasteiger partial charge in [0.15, 0.2) is 5.96 Å². The summed E-state index contributed by atoms with van der Waals surface area (Å²) in [6, 6.07) is 0.377. The number of rotatable bonds is 10. The van der Waals surface area contributed by atoms with Gasteiger partial charge in [0.2, 0.25) is 0 Å². The first-order valence-electron chi connectivity index (χ1n) is 10.8. The molecular formula is C20H39N3O3S. The van der Waals surface area contributed by atoms with Crippen LogP contribution in [0.3, 0.4) is 0 Å². The van der Waals surface area contributed by atoms with Crippen LogP contribution >= 0.6 is 0 Å². The lowest BCUT2D eigenvalue weighted by Gasteiger charge is -2.30.